The third-order valence-electron chi connectivity index (χ3n) is 4.14. The Morgan fingerprint density at radius 3 is 2.18 bits per heavy atom. The van der Waals surface area contributed by atoms with Crippen LogP contribution in [0.3, 0.4) is 0 Å². The first kappa shape index (κ1) is 16.8. The van der Waals surface area contributed by atoms with Crippen LogP contribution >= 0.6 is 11.6 Å². The molecule has 4 nitrogen and oxygen atoms in total. The van der Waals surface area contributed by atoms with E-state index >= 15 is 0 Å². The molecule has 0 bridgehead atoms. The first-order valence-corrected chi connectivity index (χ1v) is 8.10. The maximum atomic E-state index is 12.6. The zero-order valence-electron chi connectivity index (χ0n) is 13.4. The monoisotopic (exact) mass is 322 g/mol. The minimum atomic E-state index is -0.552. The van der Waals surface area contributed by atoms with Crippen LogP contribution in [0, 0.1) is 12.3 Å². The molecule has 0 saturated carbocycles. The summed E-state index contributed by atoms with van der Waals surface area (Å²) >= 11 is 5.87. The molecule has 0 aromatic heterocycles. The second kappa shape index (κ2) is 6.69. The lowest BCUT2D eigenvalue weighted by Crippen LogP contribution is -2.53. The number of benzene rings is 1. The Bertz CT molecular complexity index is 564. The number of hydrogen-bond donors (Lipinski definition) is 0. The van der Waals surface area contributed by atoms with Crippen LogP contribution in [0.1, 0.15) is 29.8 Å². The van der Waals surface area contributed by atoms with E-state index in [-0.39, 0.29) is 11.8 Å². The van der Waals surface area contributed by atoms with Gasteiger partial charge >= 0.3 is 0 Å². The third-order valence-corrected chi connectivity index (χ3v) is 4.81. The summed E-state index contributed by atoms with van der Waals surface area (Å²) in [5.41, 5.74) is 1.17. The predicted molar refractivity (Wildman–Crippen MR) is 88.2 cm³/mol. The number of hydrogen-bond acceptors (Lipinski definition) is 2. The van der Waals surface area contributed by atoms with E-state index < -0.39 is 5.41 Å². The van der Waals surface area contributed by atoms with Gasteiger partial charge in [0.1, 0.15) is 0 Å². The van der Waals surface area contributed by atoms with Gasteiger partial charge in [0.2, 0.25) is 5.91 Å². The van der Waals surface area contributed by atoms with Crippen molar-refractivity contribution in [3.05, 3.63) is 35.4 Å². The highest BCUT2D eigenvalue weighted by Crippen LogP contribution is 2.22. The van der Waals surface area contributed by atoms with Crippen molar-refractivity contribution in [2.45, 2.75) is 20.8 Å². The summed E-state index contributed by atoms with van der Waals surface area (Å²) in [7, 11) is 0. The molecule has 1 aromatic carbocycles. The Labute approximate surface area is 137 Å². The van der Waals surface area contributed by atoms with E-state index in [1.807, 2.05) is 54.8 Å². The molecule has 5 heteroatoms. The van der Waals surface area contributed by atoms with Gasteiger partial charge in [0.25, 0.3) is 5.91 Å². The topological polar surface area (TPSA) is 40.6 Å². The molecule has 1 aromatic rings. The molecule has 0 radical (unpaired) electrons. The Kier molecular flexibility index (Phi) is 5.12. The maximum absolute atomic E-state index is 12.6. The average molecular weight is 323 g/mol. The van der Waals surface area contributed by atoms with Gasteiger partial charge in [-0.1, -0.05) is 18.2 Å². The molecule has 1 heterocycles. The van der Waals surface area contributed by atoms with Crippen molar-refractivity contribution in [2.24, 2.45) is 5.41 Å². The molecular weight excluding hydrogens is 300 g/mol. The molecule has 1 aliphatic rings. The summed E-state index contributed by atoms with van der Waals surface area (Å²) < 4.78 is 0. The maximum Gasteiger partial charge on any atom is 0.254 e. The average Bonchev–Trinajstić information content (AvgIpc) is 2.54. The van der Waals surface area contributed by atoms with Gasteiger partial charge < -0.3 is 9.80 Å². The minimum absolute atomic E-state index is 0.0433. The van der Waals surface area contributed by atoms with E-state index in [4.69, 9.17) is 11.6 Å². The molecule has 0 aliphatic carbocycles. The van der Waals surface area contributed by atoms with Gasteiger partial charge in [-0.05, 0) is 32.4 Å². The molecule has 1 aliphatic heterocycles. The lowest BCUT2D eigenvalue weighted by atomic mass is 9.94. The molecule has 0 unspecified atom stereocenters. The predicted octanol–water partition coefficient (Wildman–Crippen LogP) is 2.54. The van der Waals surface area contributed by atoms with E-state index in [1.54, 1.807) is 0 Å². The Hall–Kier alpha value is -1.55. The third kappa shape index (κ3) is 3.43. The van der Waals surface area contributed by atoms with Gasteiger partial charge in [-0.25, -0.2) is 0 Å². The van der Waals surface area contributed by atoms with Crippen LogP contribution in [0.4, 0.5) is 0 Å². The molecule has 2 amide bonds. The van der Waals surface area contributed by atoms with E-state index in [2.05, 4.69) is 0 Å². The Balaban J connectivity index is 1.99. The van der Waals surface area contributed by atoms with E-state index in [1.165, 1.54) is 0 Å². The van der Waals surface area contributed by atoms with Crippen molar-refractivity contribution >= 4 is 23.4 Å². The first-order valence-electron chi connectivity index (χ1n) is 7.57. The van der Waals surface area contributed by atoms with Gasteiger partial charge in [0.05, 0.1) is 5.41 Å². The van der Waals surface area contributed by atoms with Crippen LogP contribution in [0.5, 0.6) is 0 Å². The fourth-order valence-corrected chi connectivity index (χ4v) is 2.70. The molecule has 120 valence electrons. The van der Waals surface area contributed by atoms with Crippen molar-refractivity contribution in [1.82, 2.24) is 9.80 Å². The molecule has 1 fully saturated rings. The highest BCUT2D eigenvalue weighted by molar-refractivity contribution is 6.19. The quantitative estimate of drug-likeness (QED) is 0.802. The molecule has 1 saturated heterocycles. The van der Waals surface area contributed by atoms with E-state index in [0.29, 0.717) is 32.1 Å². The highest BCUT2D eigenvalue weighted by atomic mass is 35.5. The number of nitrogens with zero attached hydrogens (tertiary/aromatic N) is 2. The van der Waals surface area contributed by atoms with Crippen molar-refractivity contribution in [3.63, 3.8) is 0 Å². The number of rotatable bonds is 3. The normalized spacial score (nSPS) is 15.8. The van der Waals surface area contributed by atoms with Crippen LogP contribution < -0.4 is 0 Å². The molecule has 0 atom stereocenters. The zero-order chi connectivity index (χ0) is 16.3. The molecular formula is C17H23ClN2O2. The number of aryl methyl sites for hydroxylation is 1. The summed E-state index contributed by atoms with van der Waals surface area (Å²) in [6.07, 6.45) is 0. The second-order valence-corrected chi connectivity index (χ2v) is 6.68. The number of carbonyl (C=O) groups is 2. The summed E-state index contributed by atoms with van der Waals surface area (Å²) in [5, 5.41) is 0. The van der Waals surface area contributed by atoms with E-state index in [0.717, 1.165) is 11.1 Å². The second-order valence-electron chi connectivity index (χ2n) is 6.42. The Morgan fingerprint density at radius 1 is 1.09 bits per heavy atom. The van der Waals surface area contributed by atoms with Gasteiger partial charge in [0, 0.05) is 37.6 Å². The number of carbonyl (C=O) groups excluding carboxylic acids is 2. The standard InChI is InChI=1S/C17H23ClN2O2/c1-13-6-4-5-7-14(13)15(21)19-8-10-20(11-9-19)16(22)17(2,3)12-18/h4-7H,8-12H2,1-3H3. The number of alkyl halides is 1. The number of halogens is 1. The smallest absolute Gasteiger partial charge is 0.254 e. The van der Waals surface area contributed by atoms with Gasteiger partial charge in [-0.15, -0.1) is 11.6 Å². The summed E-state index contributed by atoms with van der Waals surface area (Å²) in [6, 6.07) is 7.60. The highest BCUT2D eigenvalue weighted by Gasteiger charge is 2.33. The lowest BCUT2D eigenvalue weighted by Gasteiger charge is -2.38. The van der Waals surface area contributed by atoms with Crippen LogP contribution in [-0.2, 0) is 4.79 Å². The van der Waals surface area contributed by atoms with Crippen molar-refractivity contribution in [3.8, 4) is 0 Å². The Morgan fingerprint density at radius 2 is 1.64 bits per heavy atom. The molecule has 22 heavy (non-hydrogen) atoms. The minimum Gasteiger partial charge on any atom is -0.339 e. The van der Waals surface area contributed by atoms with Crippen LogP contribution in [0.25, 0.3) is 0 Å². The van der Waals surface area contributed by atoms with Crippen molar-refractivity contribution in [1.29, 1.82) is 0 Å². The molecule has 0 spiro atoms. The molecule has 2 rings (SSSR count). The van der Waals surface area contributed by atoms with Gasteiger partial charge in [0.15, 0.2) is 0 Å². The van der Waals surface area contributed by atoms with Gasteiger partial charge in [-0.3, -0.25) is 9.59 Å². The fourth-order valence-electron chi connectivity index (χ4n) is 2.58. The largest absolute Gasteiger partial charge is 0.339 e. The number of amides is 2. The summed E-state index contributed by atoms with van der Waals surface area (Å²) in [5.74, 6) is 0.404. The van der Waals surface area contributed by atoms with Crippen molar-refractivity contribution in [2.75, 3.05) is 32.1 Å². The lowest BCUT2D eigenvalue weighted by molar-refractivity contribution is -0.140. The SMILES string of the molecule is Cc1ccccc1C(=O)N1CCN(C(=O)C(C)(C)CCl)CC1. The van der Waals surface area contributed by atoms with Crippen molar-refractivity contribution < 1.29 is 9.59 Å². The summed E-state index contributed by atoms with van der Waals surface area (Å²) in [6.45, 7) is 7.92. The van der Waals surface area contributed by atoms with Crippen LogP contribution in [0.2, 0.25) is 0 Å². The van der Waals surface area contributed by atoms with E-state index in [9.17, 15) is 9.59 Å². The number of piperazine rings is 1. The first-order chi connectivity index (χ1) is 10.4. The summed E-state index contributed by atoms with van der Waals surface area (Å²) in [4.78, 5) is 28.6. The molecule has 0 N–H and O–H groups in total. The fraction of sp³-hybridized carbons (Fsp3) is 0.529. The van der Waals surface area contributed by atoms with Crippen LogP contribution in [-0.4, -0.2) is 53.7 Å². The van der Waals surface area contributed by atoms with Gasteiger partial charge in [-0.2, -0.15) is 0 Å². The zero-order valence-corrected chi connectivity index (χ0v) is 14.2. The van der Waals surface area contributed by atoms with Crippen LogP contribution in [0.15, 0.2) is 24.3 Å².